The van der Waals surface area contributed by atoms with Crippen molar-refractivity contribution in [1.82, 2.24) is 9.36 Å². The summed E-state index contributed by atoms with van der Waals surface area (Å²) < 4.78 is 4.16. The quantitative estimate of drug-likeness (QED) is 0.684. The van der Waals surface area contributed by atoms with Crippen LogP contribution in [0.1, 0.15) is 24.7 Å². The van der Waals surface area contributed by atoms with E-state index in [1.807, 2.05) is 6.92 Å². The molecule has 0 spiro atoms. The highest BCUT2D eigenvalue weighted by Crippen LogP contribution is 2.10. The van der Waals surface area contributed by atoms with Gasteiger partial charge in [0.2, 0.25) is 0 Å². The van der Waals surface area contributed by atoms with Crippen molar-refractivity contribution in [1.29, 1.82) is 0 Å². The van der Waals surface area contributed by atoms with Crippen LogP contribution < -0.4 is 0 Å². The van der Waals surface area contributed by atoms with Gasteiger partial charge >= 0.3 is 0 Å². The zero-order valence-electron chi connectivity index (χ0n) is 6.67. The van der Waals surface area contributed by atoms with Gasteiger partial charge in [-0.15, -0.1) is 11.6 Å². The Hall–Kier alpha value is -0.150. The second-order valence-electron chi connectivity index (χ2n) is 2.44. The number of hydrogen-bond acceptors (Lipinski definition) is 3. The molecule has 0 aliphatic carbocycles. The average molecular weight is 191 g/mol. The Kier molecular flexibility index (Phi) is 3.27. The number of aryl methyl sites for hydroxylation is 1. The van der Waals surface area contributed by atoms with Crippen molar-refractivity contribution in [3.63, 3.8) is 0 Å². The van der Waals surface area contributed by atoms with E-state index in [2.05, 4.69) is 16.3 Å². The minimum absolute atomic E-state index is 0.160. The summed E-state index contributed by atoms with van der Waals surface area (Å²) in [5, 5.41) is 1.21. The van der Waals surface area contributed by atoms with Gasteiger partial charge < -0.3 is 0 Å². The Morgan fingerprint density at radius 2 is 2.36 bits per heavy atom. The Morgan fingerprint density at radius 1 is 1.64 bits per heavy atom. The molecule has 0 amide bonds. The van der Waals surface area contributed by atoms with E-state index in [1.54, 1.807) is 0 Å². The predicted octanol–water partition coefficient (Wildman–Crippen LogP) is 2.27. The van der Waals surface area contributed by atoms with Gasteiger partial charge in [0.25, 0.3) is 0 Å². The molecule has 1 atom stereocenters. The summed E-state index contributed by atoms with van der Waals surface area (Å²) in [7, 11) is 0. The average Bonchev–Trinajstić information content (AvgIpc) is 2.34. The molecule has 0 N–H and O–H groups in total. The van der Waals surface area contributed by atoms with Crippen LogP contribution in [-0.2, 0) is 12.8 Å². The highest BCUT2D eigenvalue weighted by molar-refractivity contribution is 7.05. The molecule has 0 radical (unpaired) electrons. The number of halogens is 1. The first-order valence-corrected chi connectivity index (χ1v) is 4.89. The van der Waals surface area contributed by atoms with E-state index in [-0.39, 0.29) is 5.38 Å². The molecule has 0 saturated carbocycles. The van der Waals surface area contributed by atoms with Crippen molar-refractivity contribution in [2.45, 2.75) is 32.1 Å². The summed E-state index contributed by atoms with van der Waals surface area (Å²) in [6.45, 7) is 4.02. The van der Waals surface area contributed by atoms with Crippen molar-refractivity contribution in [2.24, 2.45) is 0 Å². The minimum Gasteiger partial charge on any atom is -0.225 e. The molecule has 0 fully saturated rings. The molecule has 0 bridgehead atoms. The monoisotopic (exact) mass is 190 g/mol. The van der Waals surface area contributed by atoms with Crippen molar-refractivity contribution < 1.29 is 0 Å². The highest BCUT2D eigenvalue weighted by Gasteiger charge is 2.04. The van der Waals surface area contributed by atoms with Gasteiger partial charge in [-0.2, -0.15) is 4.37 Å². The van der Waals surface area contributed by atoms with Crippen LogP contribution in [0.15, 0.2) is 0 Å². The molecule has 0 aliphatic rings. The molecule has 2 nitrogen and oxygen atoms in total. The molecule has 1 heterocycles. The number of alkyl halides is 1. The van der Waals surface area contributed by atoms with Crippen molar-refractivity contribution in [3.05, 3.63) is 10.8 Å². The minimum atomic E-state index is 0.160. The third kappa shape index (κ3) is 2.75. The lowest BCUT2D eigenvalue weighted by atomic mass is 10.3. The Labute approximate surface area is 75.8 Å². The summed E-state index contributed by atoms with van der Waals surface area (Å²) in [4.78, 5) is 4.29. The molecule has 1 aromatic heterocycles. The molecule has 4 heteroatoms. The number of hydrogen-bond donors (Lipinski definition) is 0. The predicted molar refractivity (Wildman–Crippen MR) is 48.3 cm³/mol. The van der Waals surface area contributed by atoms with Crippen molar-refractivity contribution >= 4 is 23.1 Å². The Bertz CT molecular complexity index is 222. The maximum absolute atomic E-state index is 5.80. The molecule has 0 aliphatic heterocycles. The van der Waals surface area contributed by atoms with Crippen LogP contribution in [-0.4, -0.2) is 14.7 Å². The lowest BCUT2D eigenvalue weighted by Crippen LogP contribution is -1.96. The zero-order valence-corrected chi connectivity index (χ0v) is 8.24. The number of nitrogens with zero attached hydrogens (tertiary/aromatic N) is 2. The van der Waals surface area contributed by atoms with E-state index in [9.17, 15) is 0 Å². The van der Waals surface area contributed by atoms with Gasteiger partial charge in [-0.3, -0.25) is 0 Å². The molecule has 0 saturated heterocycles. The van der Waals surface area contributed by atoms with Crippen LogP contribution >= 0.6 is 23.1 Å². The topological polar surface area (TPSA) is 25.8 Å². The van der Waals surface area contributed by atoms with Gasteiger partial charge in [-0.1, -0.05) is 6.92 Å². The summed E-state index contributed by atoms with van der Waals surface area (Å²) in [5.74, 6) is 0.933. The lowest BCUT2D eigenvalue weighted by molar-refractivity contribution is 0.893. The van der Waals surface area contributed by atoms with Crippen molar-refractivity contribution in [3.8, 4) is 0 Å². The highest BCUT2D eigenvalue weighted by atomic mass is 35.5. The van der Waals surface area contributed by atoms with Crippen molar-refractivity contribution in [2.75, 3.05) is 0 Å². The van der Waals surface area contributed by atoms with Crippen LogP contribution in [0.5, 0.6) is 0 Å². The molecular formula is C7H11ClN2S. The fourth-order valence-electron chi connectivity index (χ4n) is 0.757. The van der Waals surface area contributed by atoms with Crippen LogP contribution in [0.2, 0.25) is 0 Å². The SMILES string of the molecule is CCc1nsc(CC(C)Cl)n1. The third-order valence-corrected chi connectivity index (χ3v) is 2.21. The van der Waals surface area contributed by atoms with Crippen LogP contribution in [0.3, 0.4) is 0 Å². The van der Waals surface area contributed by atoms with Crippen LogP contribution in [0, 0.1) is 0 Å². The fourth-order valence-corrected chi connectivity index (χ4v) is 1.85. The van der Waals surface area contributed by atoms with Gasteiger partial charge in [-0.05, 0) is 18.5 Å². The summed E-state index contributed by atoms with van der Waals surface area (Å²) >= 11 is 7.26. The first-order valence-electron chi connectivity index (χ1n) is 3.68. The second-order valence-corrected chi connectivity index (χ2v) is 4.02. The van der Waals surface area contributed by atoms with E-state index in [0.717, 1.165) is 23.7 Å². The zero-order chi connectivity index (χ0) is 8.27. The molecule has 1 aromatic rings. The largest absolute Gasteiger partial charge is 0.225 e. The first-order chi connectivity index (χ1) is 5.22. The molecule has 1 unspecified atom stereocenters. The molecule has 0 aromatic carbocycles. The first kappa shape index (κ1) is 8.94. The lowest BCUT2D eigenvalue weighted by Gasteiger charge is -1.94. The van der Waals surface area contributed by atoms with Gasteiger partial charge in [0.15, 0.2) is 0 Å². The summed E-state index contributed by atoms with van der Waals surface area (Å²) in [5.41, 5.74) is 0. The normalized spacial score (nSPS) is 13.4. The molecule has 11 heavy (non-hydrogen) atoms. The van der Waals surface area contributed by atoms with Gasteiger partial charge in [0.1, 0.15) is 10.8 Å². The van der Waals surface area contributed by atoms with E-state index in [1.165, 1.54) is 11.5 Å². The smallest absolute Gasteiger partial charge is 0.142 e. The van der Waals surface area contributed by atoms with E-state index >= 15 is 0 Å². The molecule has 62 valence electrons. The maximum Gasteiger partial charge on any atom is 0.142 e. The molecule has 1 rings (SSSR count). The van der Waals surface area contributed by atoms with Gasteiger partial charge in [-0.25, -0.2) is 4.98 Å². The number of aromatic nitrogens is 2. The molecular weight excluding hydrogens is 180 g/mol. The van der Waals surface area contributed by atoms with Crippen LogP contribution in [0.25, 0.3) is 0 Å². The fraction of sp³-hybridized carbons (Fsp3) is 0.714. The third-order valence-electron chi connectivity index (χ3n) is 1.28. The number of rotatable bonds is 3. The maximum atomic E-state index is 5.80. The van der Waals surface area contributed by atoms with Crippen LogP contribution in [0.4, 0.5) is 0 Å². The van der Waals surface area contributed by atoms with Gasteiger partial charge in [0.05, 0.1) is 0 Å². The Morgan fingerprint density at radius 3 is 2.82 bits per heavy atom. The standard InChI is InChI=1S/C7H11ClN2S/c1-3-6-9-7(11-10-6)4-5(2)8/h5H,3-4H2,1-2H3. The second kappa shape index (κ2) is 4.02. The summed E-state index contributed by atoms with van der Waals surface area (Å²) in [6.07, 6.45) is 1.74. The van der Waals surface area contributed by atoms with E-state index < -0.39 is 0 Å². The Balaban J connectivity index is 2.58. The van der Waals surface area contributed by atoms with E-state index in [4.69, 9.17) is 11.6 Å². The van der Waals surface area contributed by atoms with E-state index in [0.29, 0.717) is 0 Å². The van der Waals surface area contributed by atoms with Gasteiger partial charge in [0, 0.05) is 18.2 Å². The summed E-state index contributed by atoms with van der Waals surface area (Å²) in [6, 6.07) is 0.